The van der Waals surface area contributed by atoms with Crippen molar-refractivity contribution in [2.75, 3.05) is 26.7 Å². The van der Waals surface area contributed by atoms with Crippen LogP contribution in [0.2, 0.25) is 5.02 Å². The minimum atomic E-state index is -0.285. The first-order valence-corrected chi connectivity index (χ1v) is 8.23. The van der Waals surface area contributed by atoms with Gasteiger partial charge in [0, 0.05) is 18.1 Å². The van der Waals surface area contributed by atoms with Gasteiger partial charge in [-0.25, -0.2) is 0 Å². The summed E-state index contributed by atoms with van der Waals surface area (Å²) in [5.41, 5.74) is 0.808. The lowest BCUT2D eigenvalue weighted by Gasteiger charge is -2.35. The maximum atomic E-state index is 13.0. The Kier molecular flexibility index (Phi) is 5.76. The van der Waals surface area contributed by atoms with Crippen LogP contribution in [-0.2, 0) is 10.2 Å². The summed E-state index contributed by atoms with van der Waals surface area (Å²) in [6.07, 6.45) is 4.25. The molecule has 1 amide bonds. The molecule has 1 aliphatic carbocycles. The van der Waals surface area contributed by atoms with Gasteiger partial charge in [0.15, 0.2) is 0 Å². The lowest BCUT2D eigenvalue weighted by molar-refractivity contribution is -0.135. The summed E-state index contributed by atoms with van der Waals surface area (Å²) in [5, 5.41) is 3.96. The van der Waals surface area contributed by atoms with Gasteiger partial charge in [0.2, 0.25) is 5.91 Å². The van der Waals surface area contributed by atoms with Crippen LogP contribution < -0.4 is 5.32 Å². The Labute approximate surface area is 143 Å². The van der Waals surface area contributed by atoms with Crippen molar-refractivity contribution in [3.05, 3.63) is 34.9 Å². The van der Waals surface area contributed by atoms with Crippen LogP contribution in [-0.4, -0.2) is 37.5 Å². The van der Waals surface area contributed by atoms with Gasteiger partial charge in [-0.1, -0.05) is 23.7 Å². The van der Waals surface area contributed by atoms with Gasteiger partial charge in [-0.2, -0.15) is 0 Å². The second-order valence-corrected chi connectivity index (χ2v) is 6.85. The number of carbonyl (C=O) groups excluding carboxylic acids is 1. The quantitative estimate of drug-likeness (QED) is 0.910. The van der Waals surface area contributed by atoms with Crippen molar-refractivity contribution in [3.63, 3.8) is 0 Å². The minimum absolute atomic E-state index is 0. The van der Waals surface area contributed by atoms with Gasteiger partial charge in [-0.05, 0) is 62.9 Å². The van der Waals surface area contributed by atoms with Gasteiger partial charge in [-0.15, -0.1) is 12.4 Å². The van der Waals surface area contributed by atoms with Gasteiger partial charge in [0.1, 0.15) is 0 Å². The molecule has 1 saturated carbocycles. The molecule has 2 fully saturated rings. The SMILES string of the molecule is CNCC1CCCN(C(=O)C2(c3cccc(Cl)c3)CC2)C1.Cl. The van der Waals surface area contributed by atoms with E-state index in [2.05, 4.69) is 10.2 Å². The fourth-order valence-corrected chi connectivity index (χ4v) is 3.73. The number of piperidine rings is 1. The predicted molar refractivity (Wildman–Crippen MR) is 92.8 cm³/mol. The Morgan fingerprint density at radius 1 is 1.45 bits per heavy atom. The third-order valence-corrected chi connectivity index (χ3v) is 5.07. The summed E-state index contributed by atoms with van der Waals surface area (Å²) in [4.78, 5) is 15.1. The van der Waals surface area contributed by atoms with Crippen LogP contribution in [0.15, 0.2) is 24.3 Å². The highest BCUT2D eigenvalue weighted by Gasteiger charge is 2.53. The number of likely N-dealkylation sites (tertiary alicyclic amines) is 1. The highest BCUT2D eigenvalue weighted by molar-refractivity contribution is 6.30. The standard InChI is InChI=1S/C17H23ClN2O.ClH/c1-19-11-13-4-3-9-20(12-13)16(21)17(7-8-17)14-5-2-6-15(18)10-14;/h2,5-6,10,13,19H,3-4,7-9,11-12H2,1H3;1H. The molecule has 1 saturated heterocycles. The van der Waals surface area contributed by atoms with E-state index in [0.717, 1.165) is 49.5 Å². The Morgan fingerprint density at radius 2 is 2.23 bits per heavy atom. The first-order chi connectivity index (χ1) is 10.2. The average Bonchev–Trinajstić information content (AvgIpc) is 3.29. The van der Waals surface area contributed by atoms with E-state index in [4.69, 9.17) is 11.6 Å². The zero-order chi connectivity index (χ0) is 14.9. The molecule has 1 heterocycles. The molecule has 3 nitrogen and oxygen atoms in total. The Balaban J connectivity index is 0.00000176. The summed E-state index contributed by atoms with van der Waals surface area (Å²) in [6, 6.07) is 7.83. The van der Waals surface area contributed by atoms with Crippen LogP contribution in [0.4, 0.5) is 0 Å². The second kappa shape index (κ2) is 7.20. The van der Waals surface area contributed by atoms with Crippen LogP contribution in [0.5, 0.6) is 0 Å². The topological polar surface area (TPSA) is 32.3 Å². The summed E-state index contributed by atoms with van der Waals surface area (Å²) in [7, 11) is 1.98. The first kappa shape index (κ1) is 17.6. The van der Waals surface area contributed by atoms with E-state index in [0.29, 0.717) is 11.8 Å². The van der Waals surface area contributed by atoms with E-state index >= 15 is 0 Å². The second-order valence-electron chi connectivity index (χ2n) is 6.41. The van der Waals surface area contributed by atoms with Crippen molar-refractivity contribution in [2.45, 2.75) is 31.1 Å². The smallest absolute Gasteiger partial charge is 0.233 e. The highest BCUT2D eigenvalue weighted by atomic mass is 35.5. The van der Waals surface area contributed by atoms with Crippen molar-refractivity contribution in [3.8, 4) is 0 Å². The van der Waals surface area contributed by atoms with E-state index < -0.39 is 0 Å². The number of hydrogen-bond donors (Lipinski definition) is 1. The lowest BCUT2D eigenvalue weighted by atomic mass is 9.91. The zero-order valence-corrected chi connectivity index (χ0v) is 14.6. The molecule has 1 N–H and O–H groups in total. The monoisotopic (exact) mass is 342 g/mol. The molecule has 1 aromatic rings. The molecule has 1 aliphatic heterocycles. The fraction of sp³-hybridized carbons (Fsp3) is 0.588. The summed E-state index contributed by atoms with van der Waals surface area (Å²) in [6.45, 7) is 2.79. The van der Waals surface area contributed by atoms with Gasteiger partial charge in [-0.3, -0.25) is 4.79 Å². The number of nitrogens with zero attached hydrogens (tertiary/aromatic N) is 1. The minimum Gasteiger partial charge on any atom is -0.342 e. The number of rotatable bonds is 4. The molecule has 3 rings (SSSR count). The molecule has 22 heavy (non-hydrogen) atoms. The summed E-state index contributed by atoms with van der Waals surface area (Å²) < 4.78 is 0. The number of hydrogen-bond acceptors (Lipinski definition) is 2. The van der Waals surface area contributed by atoms with Crippen LogP contribution in [0.1, 0.15) is 31.2 Å². The van der Waals surface area contributed by atoms with Crippen LogP contribution in [0.3, 0.4) is 0 Å². The molecule has 0 spiro atoms. The van der Waals surface area contributed by atoms with Gasteiger partial charge in [0.05, 0.1) is 5.41 Å². The molecule has 0 radical (unpaired) electrons. The molecule has 1 aromatic carbocycles. The molecule has 2 aliphatic rings. The summed E-state index contributed by atoms with van der Waals surface area (Å²) in [5.74, 6) is 0.897. The van der Waals surface area contributed by atoms with E-state index in [-0.39, 0.29) is 17.8 Å². The van der Waals surface area contributed by atoms with Crippen molar-refractivity contribution in [1.82, 2.24) is 10.2 Å². The largest absolute Gasteiger partial charge is 0.342 e. The molecular formula is C17H24Cl2N2O. The van der Waals surface area contributed by atoms with E-state index in [1.54, 1.807) is 0 Å². The fourth-order valence-electron chi connectivity index (χ4n) is 3.54. The highest BCUT2D eigenvalue weighted by Crippen LogP contribution is 2.50. The van der Waals surface area contributed by atoms with E-state index in [1.165, 1.54) is 6.42 Å². The molecule has 1 atom stereocenters. The van der Waals surface area contributed by atoms with Gasteiger partial charge >= 0.3 is 0 Å². The zero-order valence-electron chi connectivity index (χ0n) is 13.0. The van der Waals surface area contributed by atoms with Gasteiger partial charge in [0.25, 0.3) is 0 Å². The third-order valence-electron chi connectivity index (χ3n) is 4.84. The third kappa shape index (κ3) is 3.42. The molecular weight excluding hydrogens is 319 g/mol. The van der Waals surface area contributed by atoms with Crippen molar-refractivity contribution >= 4 is 29.9 Å². The van der Waals surface area contributed by atoms with Crippen LogP contribution >= 0.6 is 24.0 Å². The molecule has 0 bridgehead atoms. The number of benzene rings is 1. The van der Waals surface area contributed by atoms with E-state index in [1.807, 2.05) is 31.3 Å². The normalized spacial score (nSPS) is 22.8. The number of carbonyl (C=O) groups is 1. The van der Waals surface area contributed by atoms with Gasteiger partial charge < -0.3 is 10.2 Å². The predicted octanol–water partition coefficient (Wildman–Crippen LogP) is 3.25. The Hall–Kier alpha value is -0.770. The number of amides is 1. The first-order valence-electron chi connectivity index (χ1n) is 7.86. The molecule has 5 heteroatoms. The molecule has 0 aromatic heterocycles. The summed E-state index contributed by atoms with van der Waals surface area (Å²) >= 11 is 6.10. The molecule has 122 valence electrons. The van der Waals surface area contributed by atoms with Crippen molar-refractivity contribution in [2.24, 2.45) is 5.92 Å². The van der Waals surface area contributed by atoms with Crippen LogP contribution in [0, 0.1) is 5.92 Å². The van der Waals surface area contributed by atoms with Crippen LogP contribution in [0.25, 0.3) is 0 Å². The van der Waals surface area contributed by atoms with Crippen molar-refractivity contribution in [1.29, 1.82) is 0 Å². The average molecular weight is 343 g/mol. The Bertz CT molecular complexity index is 529. The lowest BCUT2D eigenvalue weighted by Crippen LogP contribution is -2.46. The Morgan fingerprint density at radius 3 is 2.86 bits per heavy atom. The number of nitrogens with one attached hydrogen (secondary N) is 1. The van der Waals surface area contributed by atoms with Crippen molar-refractivity contribution < 1.29 is 4.79 Å². The number of halogens is 2. The maximum Gasteiger partial charge on any atom is 0.233 e. The molecule has 1 unspecified atom stereocenters. The van der Waals surface area contributed by atoms with E-state index in [9.17, 15) is 4.79 Å². The maximum absolute atomic E-state index is 13.0.